The van der Waals surface area contributed by atoms with Crippen molar-refractivity contribution in [1.82, 2.24) is 0 Å². The van der Waals surface area contributed by atoms with E-state index in [4.69, 9.17) is 0 Å². The second-order valence-corrected chi connectivity index (χ2v) is 4.54. The Hall–Kier alpha value is -0.620. The zero-order valence-corrected chi connectivity index (χ0v) is 10.2. The maximum Gasteiger partial charge on any atom is 0.237 e. The lowest BCUT2D eigenvalue weighted by Crippen LogP contribution is -2.21. The van der Waals surface area contributed by atoms with E-state index in [-0.39, 0.29) is 10.2 Å². The van der Waals surface area contributed by atoms with Gasteiger partial charge in [0, 0.05) is 6.07 Å². The number of amides is 1. The molecule has 0 aliphatic heterocycles. The van der Waals surface area contributed by atoms with Crippen molar-refractivity contribution < 1.29 is 13.6 Å². The van der Waals surface area contributed by atoms with Crippen molar-refractivity contribution >= 4 is 40.2 Å². The summed E-state index contributed by atoms with van der Waals surface area (Å²) in [7, 11) is 0. The van der Waals surface area contributed by atoms with Crippen LogP contribution < -0.4 is 5.32 Å². The van der Waals surface area contributed by atoms with Gasteiger partial charge in [0.25, 0.3) is 0 Å². The molecule has 0 bridgehead atoms. The molecule has 6 heteroatoms. The Labute approximate surface area is 99.6 Å². The molecule has 1 amide bonds. The van der Waals surface area contributed by atoms with Crippen molar-refractivity contribution in [2.45, 2.75) is 12.2 Å². The molecular weight excluding hydrogens is 288 g/mol. The number of anilines is 1. The van der Waals surface area contributed by atoms with Crippen LogP contribution in [-0.4, -0.2) is 11.2 Å². The van der Waals surface area contributed by atoms with E-state index in [0.717, 1.165) is 12.1 Å². The van der Waals surface area contributed by atoms with E-state index in [1.807, 2.05) is 0 Å². The summed E-state index contributed by atoms with van der Waals surface area (Å²) in [4.78, 5) is 11.2. The lowest BCUT2D eigenvalue weighted by atomic mass is 10.3. The molecule has 0 aliphatic carbocycles. The Morgan fingerprint density at radius 3 is 2.60 bits per heavy atom. The predicted octanol–water partition coefficient (Wildman–Crippen LogP) is 2.98. The van der Waals surface area contributed by atoms with Crippen LogP contribution in [0.25, 0.3) is 0 Å². The third-order valence-corrected chi connectivity index (χ3v) is 2.49. The lowest BCUT2D eigenvalue weighted by Gasteiger charge is -2.08. The van der Waals surface area contributed by atoms with Crippen LogP contribution in [0.4, 0.5) is 14.5 Å². The van der Waals surface area contributed by atoms with Gasteiger partial charge >= 0.3 is 0 Å². The average molecular weight is 296 g/mol. The quantitative estimate of drug-likeness (QED) is 0.637. The molecule has 1 unspecified atom stereocenters. The number of halogens is 3. The minimum absolute atomic E-state index is 0.0110. The van der Waals surface area contributed by atoms with Crippen LogP contribution >= 0.6 is 28.6 Å². The van der Waals surface area contributed by atoms with Gasteiger partial charge in [-0.3, -0.25) is 4.79 Å². The zero-order chi connectivity index (χ0) is 11.6. The Morgan fingerprint density at radius 1 is 1.47 bits per heavy atom. The lowest BCUT2D eigenvalue weighted by molar-refractivity contribution is -0.115. The maximum atomic E-state index is 13.2. The average Bonchev–Trinajstić information content (AvgIpc) is 2.13. The van der Waals surface area contributed by atoms with Gasteiger partial charge in [-0.05, 0) is 28.9 Å². The Balaban J connectivity index is 2.96. The molecule has 82 valence electrons. The number of nitrogens with one attached hydrogen (secondary N) is 1. The number of hydrogen-bond donors (Lipinski definition) is 2. The van der Waals surface area contributed by atoms with E-state index in [1.54, 1.807) is 0 Å². The van der Waals surface area contributed by atoms with Gasteiger partial charge in [0.1, 0.15) is 11.6 Å². The third kappa shape index (κ3) is 3.17. The third-order valence-electron chi connectivity index (χ3n) is 1.65. The van der Waals surface area contributed by atoms with E-state index in [0.29, 0.717) is 0 Å². The molecule has 0 spiro atoms. The largest absolute Gasteiger partial charge is 0.323 e. The van der Waals surface area contributed by atoms with Gasteiger partial charge in [-0.25, -0.2) is 8.78 Å². The summed E-state index contributed by atoms with van der Waals surface area (Å²) in [5.41, 5.74) is -0.193. The Bertz CT molecular complexity index is 398. The number of rotatable bonds is 2. The standard InChI is InChI=1S/C9H8BrF2NOS/c1-4(15)9(14)13-8-3-6(11)5(10)2-7(8)12/h2-4,15H,1H3,(H,13,14). The van der Waals surface area contributed by atoms with Crippen molar-refractivity contribution in [1.29, 1.82) is 0 Å². The van der Waals surface area contributed by atoms with Crippen molar-refractivity contribution in [2.75, 3.05) is 5.32 Å². The summed E-state index contributed by atoms with van der Waals surface area (Å²) in [5, 5.41) is 1.64. The molecule has 2 nitrogen and oxygen atoms in total. The smallest absolute Gasteiger partial charge is 0.237 e. The number of carbonyl (C=O) groups excluding carboxylic acids is 1. The van der Waals surface area contributed by atoms with E-state index < -0.39 is 22.8 Å². The molecular formula is C9H8BrF2NOS. The second kappa shape index (κ2) is 4.94. The van der Waals surface area contributed by atoms with Crippen molar-refractivity contribution in [2.24, 2.45) is 0 Å². The topological polar surface area (TPSA) is 29.1 Å². The van der Waals surface area contributed by atoms with E-state index in [1.165, 1.54) is 6.92 Å². The highest BCUT2D eigenvalue weighted by molar-refractivity contribution is 9.10. The van der Waals surface area contributed by atoms with Crippen molar-refractivity contribution in [3.8, 4) is 0 Å². The van der Waals surface area contributed by atoms with Gasteiger partial charge < -0.3 is 5.32 Å². The number of thiol groups is 1. The van der Waals surface area contributed by atoms with Crippen LogP contribution in [-0.2, 0) is 4.79 Å². The highest BCUT2D eigenvalue weighted by Crippen LogP contribution is 2.23. The first-order valence-electron chi connectivity index (χ1n) is 4.05. The van der Waals surface area contributed by atoms with Gasteiger partial charge in [0.05, 0.1) is 15.4 Å². The van der Waals surface area contributed by atoms with Crippen LogP contribution in [0.1, 0.15) is 6.92 Å². The van der Waals surface area contributed by atoms with E-state index in [9.17, 15) is 13.6 Å². The monoisotopic (exact) mass is 295 g/mol. The first-order valence-corrected chi connectivity index (χ1v) is 5.36. The fourth-order valence-corrected chi connectivity index (χ4v) is 1.24. The van der Waals surface area contributed by atoms with Gasteiger partial charge in [0.2, 0.25) is 5.91 Å². The van der Waals surface area contributed by atoms with Crippen LogP contribution in [0.3, 0.4) is 0 Å². The molecule has 0 heterocycles. The first kappa shape index (κ1) is 12.4. The van der Waals surface area contributed by atoms with Gasteiger partial charge in [-0.15, -0.1) is 0 Å². The van der Waals surface area contributed by atoms with E-state index in [2.05, 4.69) is 33.9 Å². The minimum atomic E-state index is -0.703. The summed E-state index contributed by atoms with van der Waals surface area (Å²) in [6.45, 7) is 1.53. The summed E-state index contributed by atoms with van der Waals surface area (Å²) >= 11 is 6.70. The second-order valence-electron chi connectivity index (χ2n) is 2.91. The van der Waals surface area contributed by atoms with Crippen molar-refractivity contribution in [3.05, 3.63) is 28.2 Å². The van der Waals surface area contributed by atoms with Crippen LogP contribution in [0.15, 0.2) is 16.6 Å². The molecule has 1 rings (SSSR count). The molecule has 0 aliphatic rings. The summed E-state index contributed by atoms with van der Waals surface area (Å²) in [5.74, 6) is -1.83. The van der Waals surface area contributed by atoms with E-state index >= 15 is 0 Å². The molecule has 15 heavy (non-hydrogen) atoms. The Morgan fingerprint density at radius 2 is 2.07 bits per heavy atom. The molecule has 1 N–H and O–H groups in total. The number of carbonyl (C=O) groups is 1. The summed E-state index contributed by atoms with van der Waals surface area (Å²) < 4.78 is 26.3. The number of hydrogen-bond acceptors (Lipinski definition) is 2. The van der Waals surface area contributed by atoms with Gasteiger partial charge in [-0.2, -0.15) is 12.6 Å². The maximum absolute atomic E-state index is 13.2. The minimum Gasteiger partial charge on any atom is -0.323 e. The van der Waals surface area contributed by atoms with Crippen LogP contribution in [0.5, 0.6) is 0 Å². The normalized spacial score (nSPS) is 12.3. The molecule has 0 radical (unpaired) electrons. The summed E-state index contributed by atoms with van der Waals surface area (Å²) in [6, 6.07) is 1.86. The van der Waals surface area contributed by atoms with Crippen LogP contribution in [0, 0.1) is 11.6 Å². The molecule has 0 fully saturated rings. The molecule has 1 aromatic rings. The summed E-state index contributed by atoms with van der Waals surface area (Å²) in [6.07, 6.45) is 0. The Kier molecular flexibility index (Phi) is 4.10. The highest BCUT2D eigenvalue weighted by atomic mass is 79.9. The molecule has 0 aromatic heterocycles. The molecule has 1 aromatic carbocycles. The number of benzene rings is 1. The van der Waals surface area contributed by atoms with Gasteiger partial charge in [-0.1, -0.05) is 0 Å². The predicted molar refractivity (Wildman–Crippen MR) is 61.1 cm³/mol. The fourth-order valence-electron chi connectivity index (χ4n) is 0.856. The van der Waals surface area contributed by atoms with Crippen molar-refractivity contribution in [3.63, 3.8) is 0 Å². The molecule has 1 atom stereocenters. The molecule has 0 saturated heterocycles. The first-order chi connectivity index (χ1) is 6.91. The zero-order valence-electron chi connectivity index (χ0n) is 7.72. The SMILES string of the molecule is CC(S)C(=O)Nc1cc(F)c(Br)cc1F. The fraction of sp³-hybridized carbons (Fsp3) is 0.222. The van der Waals surface area contributed by atoms with Gasteiger partial charge in [0.15, 0.2) is 0 Å². The molecule has 0 saturated carbocycles. The van der Waals surface area contributed by atoms with Crippen LogP contribution in [0.2, 0.25) is 0 Å². The highest BCUT2D eigenvalue weighted by Gasteiger charge is 2.13.